The van der Waals surface area contributed by atoms with Gasteiger partial charge in [0.25, 0.3) is 0 Å². The van der Waals surface area contributed by atoms with E-state index in [1.807, 2.05) is 12.2 Å². The second-order valence-corrected chi connectivity index (χ2v) is 21.3. The molecule has 460 valence electrons. The van der Waals surface area contributed by atoms with Crippen molar-refractivity contribution in [1.82, 2.24) is 0 Å². The number of carbonyl (C=O) groups is 4. The van der Waals surface area contributed by atoms with E-state index in [1.165, 1.54) is 77.0 Å². The minimum atomic E-state index is -1.92. The summed E-state index contributed by atoms with van der Waals surface area (Å²) in [5.74, 6) is -3.26. The number of carboxylic acid groups (broad SMARTS) is 1. The fourth-order valence-corrected chi connectivity index (χ4v) is 8.95. The lowest BCUT2D eigenvalue weighted by Gasteiger charge is -2.40. The van der Waals surface area contributed by atoms with Crippen LogP contribution >= 0.6 is 0 Å². The van der Waals surface area contributed by atoms with Crippen LogP contribution in [0.1, 0.15) is 252 Å². The van der Waals surface area contributed by atoms with Crippen molar-refractivity contribution in [3.05, 3.63) is 109 Å². The summed E-state index contributed by atoms with van der Waals surface area (Å²) in [5.41, 5.74) is 0. The lowest BCUT2D eigenvalue weighted by atomic mass is 9.98. The molecule has 3 N–H and O–H groups in total. The van der Waals surface area contributed by atoms with E-state index in [0.717, 1.165) is 109 Å². The summed E-state index contributed by atoms with van der Waals surface area (Å²) in [6.45, 7) is 5.76. The van der Waals surface area contributed by atoms with Crippen LogP contribution in [0.3, 0.4) is 0 Å². The van der Waals surface area contributed by atoms with Gasteiger partial charge in [-0.05, 0) is 116 Å². The molecular weight excluding hydrogens is 1020 g/mol. The molecule has 6 unspecified atom stereocenters. The fraction of sp³-hybridized carbons (Fsp3) is 0.681. The van der Waals surface area contributed by atoms with E-state index in [9.17, 15) is 34.5 Å². The predicted molar refractivity (Wildman–Crippen MR) is 330 cm³/mol. The number of aliphatic hydroxyl groups excluding tert-OH is 2. The number of hydrogen-bond donors (Lipinski definition) is 3. The third-order valence-corrected chi connectivity index (χ3v) is 13.8. The van der Waals surface area contributed by atoms with Gasteiger partial charge in [0, 0.05) is 19.3 Å². The summed E-state index contributed by atoms with van der Waals surface area (Å²) in [5, 5.41) is 31.6. The molecule has 6 atom stereocenters. The number of carbonyl (C=O) groups excluding carboxylic acids is 3. The maximum absolute atomic E-state index is 13.1. The molecule has 0 spiro atoms. The molecule has 1 fully saturated rings. The predicted octanol–water partition coefficient (Wildman–Crippen LogP) is 17.0. The summed E-state index contributed by atoms with van der Waals surface area (Å²) >= 11 is 0. The number of allylic oxidation sites excluding steroid dienone is 18. The summed E-state index contributed by atoms with van der Waals surface area (Å²) in [6, 6.07) is 0. The van der Waals surface area contributed by atoms with Gasteiger partial charge >= 0.3 is 23.9 Å². The smallest absolute Gasteiger partial charge is 0.335 e. The first-order valence-electron chi connectivity index (χ1n) is 31.9. The van der Waals surface area contributed by atoms with Crippen LogP contribution in [0.15, 0.2) is 109 Å². The fourth-order valence-electron chi connectivity index (χ4n) is 8.95. The zero-order chi connectivity index (χ0) is 58.9. The lowest BCUT2D eigenvalue weighted by Crippen LogP contribution is -2.61. The molecule has 0 saturated carbocycles. The Labute approximate surface area is 491 Å². The molecule has 1 rings (SSSR count). The average Bonchev–Trinajstić information content (AvgIpc) is 3.54. The van der Waals surface area contributed by atoms with Crippen LogP contribution in [0.2, 0.25) is 0 Å². The van der Waals surface area contributed by atoms with E-state index in [-0.39, 0.29) is 25.9 Å². The van der Waals surface area contributed by atoms with Crippen molar-refractivity contribution in [3.8, 4) is 0 Å². The van der Waals surface area contributed by atoms with Crippen LogP contribution in [0, 0.1) is 0 Å². The number of unbranched alkanes of at least 4 members (excludes halogenated alkanes) is 21. The number of ether oxygens (including phenoxy) is 5. The highest BCUT2D eigenvalue weighted by atomic mass is 16.7. The molecule has 0 aromatic rings. The van der Waals surface area contributed by atoms with E-state index >= 15 is 0 Å². The Morgan fingerprint density at radius 3 is 1.23 bits per heavy atom. The third-order valence-electron chi connectivity index (χ3n) is 13.8. The van der Waals surface area contributed by atoms with Crippen molar-refractivity contribution in [2.75, 3.05) is 13.2 Å². The van der Waals surface area contributed by atoms with Crippen LogP contribution in [0.4, 0.5) is 0 Å². The van der Waals surface area contributed by atoms with E-state index < -0.39 is 67.3 Å². The maximum atomic E-state index is 13.1. The summed E-state index contributed by atoms with van der Waals surface area (Å²) in [6.07, 6.45) is 63.5. The maximum Gasteiger partial charge on any atom is 0.335 e. The highest BCUT2D eigenvalue weighted by Gasteiger charge is 2.50. The highest BCUT2D eigenvalue weighted by Crippen LogP contribution is 2.26. The largest absolute Gasteiger partial charge is 0.479 e. The van der Waals surface area contributed by atoms with Gasteiger partial charge in [0.15, 0.2) is 24.6 Å². The van der Waals surface area contributed by atoms with E-state index in [2.05, 4.69) is 118 Å². The van der Waals surface area contributed by atoms with Crippen LogP contribution in [-0.4, -0.2) is 89.2 Å². The van der Waals surface area contributed by atoms with Crippen LogP contribution in [0.5, 0.6) is 0 Å². The van der Waals surface area contributed by atoms with Crippen molar-refractivity contribution in [2.24, 2.45) is 0 Å². The van der Waals surface area contributed by atoms with Gasteiger partial charge in [-0.3, -0.25) is 14.4 Å². The molecule has 0 amide bonds. The van der Waals surface area contributed by atoms with Crippen LogP contribution < -0.4 is 0 Å². The number of aliphatic carboxylic acids is 1. The van der Waals surface area contributed by atoms with Gasteiger partial charge in [-0.2, -0.15) is 0 Å². The molecule has 0 radical (unpaired) electrons. The normalized spacial score (nSPS) is 18.5. The SMILES string of the molecule is CC/C=C\C/C=C\C/C=C\C/C=C\CCC(=O)OC(COC(=O)CCCCCCCCCCC/C=C\C/C=C\CCCCC)COC1OC(C(=O)O)C(O)C(O)C1OC(=O)CCCCCCCC/C=C\C/C=C\C/C=C\CCCCC. The van der Waals surface area contributed by atoms with Crippen molar-refractivity contribution >= 4 is 23.9 Å². The highest BCUT2D eigenvalue weighted by molar-refractivity contribution is 5.74. The van der Waals surface area contributed by atoms with Crippen LogP contribution in [0.25, 0.3) is 0 Å². The summed E-state index contributed by atoms with van der Waals surface area (Å²) < 4.78 is 28.4. The molecule has 12 nitrogen and oxygen atoms in total. The molecule has 1 saturated heterocycles. The topological polar surface area (TPSA) is 175 Å². The first-order chi connectivity index (χ1) is 39.6. The Balaban J connectivity index is 2.68. The Bertz CT molecular complexity index is 1820. The average molecular weight is 1130 g/mol. The summed E-state index contributed by atoms with van der Waals surface area (Å²) in [4.78, 5) is 51.2. The van der Waals surface area contributed by atoms with E-state index in [4.69, 9.17) is 23.7 Å². The first-order valence-corrected chi connectivity index (χ1v) is 31.9. The van der Waals surface area contributed by atoms with E-state index in [1.54, 1.807) is 0 Å². The minimum Gasteiger partial charge on any atom is -0.479 e. The van der Waals surface area contributed by atoms with Crippen LogP contribution in [-0.2, 0) is 42.9 Å². The van der Waals surface area contributed by atoms with Crippen molar-refractivity contribution < 1.29 is 58.2 Å². The van der Waals surface area contributed by atoms with Crippen molar-refractivity contribution in [2.45, 2.75) is 289 Å². The van der Waals surface area contributed by atoms with Gasteiger partial charge in [0.1, 0.15) is 18.8 Å². The van der Waals surface area contributed by atoms with Gasteiger partial charge in [-0.25, -0.2) is 4.79 Å². The Morgan fingerprint density at radius 2 is 0.802 bits per heavy atom. The zero-order valence-corrected chi connectivity index (χ0v) is 50.7. The molecule has 0 bridgehead atoms. The number of aliphatic hydroxyl groups is 2. The molecular formula is C69H112O12. The second kappa shape index (κ2) is 55.9. The van der Waals surface area contributed by atoms with Gasteiger partial charge in [0.2, 0.25) is 0 Å². The summed E-state index contributed by atoms with van der Waals surface area (Å²) in [7, 11) is 0. The Morgan fingerprint density at radius 1 is 0.420 bits per heavy atom. The number of esters is 3. The molecule has 1 heterocycles. The second-order valence-electron chi connectivity index (χ2n) is 21.3. The molecule has 0 aromatic carbocycles. The van der Waals surface area contributed by atoms with Gasteiger partial charge < -0.3 is 39.0 Å². The Hall–Kier alpha value is -4.62. The monoisotopic (exact) mass is 1130 g/mol. The van der Waals surface area contributed by atoms with Gasteiger partial charge in [-0.15, -0.1) is 0 Å². The first kappa shape index (κ1) is 74.4. The third kappa shape index (κ3) is 45.6. The number of rotatable bonds is 53. The quantitative estimate of drug-likeness (QED) is 0.0228. The molecule has 1 aliphatic rings. The molecule has 81 heavy (non-hydrogen) atoms. The molecule has 0 aliphatic carbocycles. The molecule has 1 aliphatic heterocycles. The van der Waals surface area contributed by atoms with Gasteiger partial charge in [0.05, 0.1) is 6.61 Å². The van der Waals surface area contributed by atoms with Gasteiger partial charge in [-0.1, -0.05) is 226 Å². The zero-order valence-electron chi connectivity index (χ0n) is 50.7. The lowest BCUT2D eigenvalue weighted by molar-refractivity contribution is -0.301. The van der Waals surface area contributed by atoms with E-state index in [0.29, 0.717) is 25.7 Å². The molecule has 0 aromatic heterocycles. The van der Waals surface area contributed by atoms with Crippen molar-refractivity contribution in [1.29, 1.82) is 0 Å². The standard InChI is InChI=1S/C69H112O12/c1-4-7-10-13-16-19-22-25-27-29-31-33-35-38-40-43-46-49-52-55-61(70)77-58-60(79-62(71)56-53-50-47-44-41-37-24-21-18-15-12-9-6-3)59-78-69-67(65(74)64(73)66(81-69)68(75)76)80-63(72)57-54-51-48-45-42-39-36-34-32-30-28-26-23-20-17-14-11-8-5-2/h9,12,16-21,25-28,32,34,37,41,47,50,60,64-67,69,73-74H,4-8,10-11,13-15,22-24,29-31,33,35-36,38-40,42-46,48-49,51-59H2,1-3H3,(H,75,76)/b12-9-,19-16-,20-17-,21-18-,27-25-,28-26-,34-32-,41-37-,50-47-. The number of carboxylic acids is 1. The number of hydrogen-bond acceptors (Lipinski definition) is 11. The minimum absolute atomic E-state index is 0.0327. The van der Waals surface area contributed by atoms with Crippen molar-refractivity contribution in [3.63, 3.8) is 0 Å². The molecule has 12 heteroatoms. The Kier molecular flexibility index (Phi) is 51.3.